The molecule has 0 aromatic heterocycles. The third kappa shape index (κ3) is 2.58. The number of nitrogens with zero attached hydrogens (tertiary/aromatic N) is 2. The van der Waals surface area contributed by atoms with E-state index in [1.165, 1.54) is 0 Å². The Labute approximate surface area is 118 Å². The fraction of sp³-hybridized carbons (Fsp3) is 0.429. The zero-order valence-corrected chi connectivity index (χ0v) is 11.3. The summed E-state index contributed by atoms with van der Waals surface area (Å²) in [6.45, 7) is 3.77. The van der Waals surface area contributed by atoms with Crippen LogP contribution >= 0.6 is 12.4 Å². The Morgan fingerprint density at radius 2 is 1.79 bits per heavy atom. The molecule has 2 fully saturated rings. The second-order valence-corrected chi connectivity index (χ2v) is 5.08. The van der Waals surface area contributed by atoms with Crippen LogP contribution in [0.25, 0.3) is 0 Å². The molecule has 1 aromatic rings. The van der Waals surface area contributed by atoms with Crippen LogP contribution in [0.4, 0.5) is 0 Å². The van der Waals surface area contributed by atoms with Gasteiger partial charge in [-0.1, -0.05) is 0 Å². The van der Waals surface area contributed by atoms with Gasteiger partial charge in [0.05, 0.1) is 11.6 Å². The van der Waals surface area contributed by atoms with Crippen molar-refractivity contribution in [1.82, 2.24) is 10.2 Å². The molecule has 2 aliphatic rings. The zero-order valence-electron chi connectivity index (χ0n) is 10.5. The van der Waals surface area contributed by atoms with Crippen LogP contribution in [0.2, 0.25) is 0 Å². The van der Waals surface area contributed by atoms with Crippen molar-refractivity contribution in [2.75, 3.05) is 26.2 Å². The molecule has 19 heavy (non-hydrogen) atoms. The first kappa shape index (κ1) is 13.9. The summed E-state index contributed by atoms with van der Waals surface area (Å²) in [6.07, 6.45) is 0. The summed E-state index contributed by atoms with van der Waals surface area (Å²) < 4.78 is 0. The van der Waals surface area contributed by atoms with Crippen molar-refractivity contribution >= 4 is 18.3 Å². The number of benzene rings is 1. The molecular weight excluding hydrogens is 262 g/mol. The van der Waals surface area contributed by atoms with Crippen LogP contribution in [0, 0.1) is 23.2 Å². The Balaban J connectivity index is 0.00000133. The first-order valence-electron chi connectivity index (χ1n) is 6.28. The minimum absolute atomic E-state index is 0. The molecule has 1 aromatic carbocycles. The standard InChI is InChI=1S/C14H15N3O.ClH/c15-5-10-1-3-11(4-2-10)14(18)17-8-12-6-16-7-13(12)9-17;/h1-4,12-13,16H,6-9H2;1H/t12-,13+;. The van der Waals surface area contributed by atoms with Crippen LogP contribution in [0.3, 0.4) is 0 Å². The number of nitriles is 1. The van der Waals surface area contributed by atoms with Crippen LogP contribution in [0.5, 0.6) is 0 Å². The predicted molar refractivity (Wildman–Crippen MR) is 74.2 cm³/mol. The Morgan fingerprint density at radius 3 is 2.32 bits per heavy atom. The molecule has 5 heteroatoms. The van der Waals surface area contributed by atoms with Gasteiger partial charge in [-0.25, -0.2) is 0 Å². The van der Waals surface area contributed by atoms with E-state index in [2.05, 4.69) is 11.4 Å². The van der Waals surface area contributed by atoms with Gasteiger partial charge in [-0.15, -0.1) is 12.4 Å². The molecular formula is C14H16ClN3O. The van der Waals surface area contributed by atoms with Crippen molar-refractivity contribution in [3.63, 3.8) is 0 Å². The third-order valence-corrected chi connectivity index (χ3v) is 3.94. The molecule has 2 saturated heterocycles. The second-order valence-electron chi connectivity index (χ2n) is 5.08. The molecule has 1 N–H and O–H groups in total. The van der Waals surface area contributed by atoms with Crippen molar-refractivity contribution < 1.29 is 4.79 Å². The van der Waals surface area contributed by atoms with E-state index in [9.17, 15) is 4.79 Å². The van der Waals surface area contributed by atoms with Gasteiger partial charge in [0.15, 0.2) is 0 Å². The number of nitrogens with one attached hydrogen (secondary N) is 1. The maximum Gasteiger partial charge on any atom is 0.253 e. The molecule has 0 unspecified atom stereocenters. The molecule has 0 bridgehead atoms. The molecule has 3 rings (SSSR count). The maximum absolute atomic E-state index is 12.3. The average molecular weight is 278 g/mol. The van der Waals surface area contributed by atoms with E-state index in [4.69, 9.17) is 5.26 Å². The van der Waals surface area contributed by atoms with E-state index in [1.54, 1.807) is 24.3 Å². The molecule has 2 aliphatic heterocycles. The fourth-order valence-electron chi connectivity index (χ4n) is 2.89. The van der Waals surface area contributed by atoms with Crippen molar-refractivity contribution in [2.24, 2.45) is 11.8 Å². The summed E-state index contributed by atoms with van der Waals surface area (Å²) in [5.41, 5.74) is 1.27. The fourth-order valence-corrected chi connectivity index (χ4v) is 2.89. The summed E-state index contributed by atoms with van der Waals surface area (Å²) in [5.74, 6) is 1.33. The highest BCUT2D eigenvalue weighted by molar-refractivity contribution is 5.94. The number of hydrogen-bond donors (Lipinski definition) is 1. The molecule has 2 atom stereocenters. The normalized spacial score (nSPS) is 24.5. The molecule has 100 valence electrons. The van der Waals surface area contributed by atoms with E-state index in [1.807, 2.05) is 4.90 Å². The van der Waals surface area contributed by atoms with E-state index in [-0.39, 0.29) is 18.3 Å². The predicted octanol–water partition coefficient (Wildman–Crippen LogP) is 1.27. The molecule has 2 heterocycles. The number of likely N-dealkylation sites (tertiary alicyclic amines) is 1. The SMILES string of the molecule is Cl.N#Cc1ccc(C(=O)N2C[C@H]3CNC[C@H]3C2)cc1. The highest BCUT2D eigenvalue weighted by Crippen LogP contribution is 2.27. The minimum Gasteiger partial charge on any atom is -0.338 e. The summed E-state index contributed by atoms with van der Waals surface area (Å²) in [7, 11) is 0. The lowest BCUT2D eigenvalue weighted by Gasteiger charge is -2.17. The van der Waals surface area contributed by atoms with Gasteiger partial charge in [0, 0.05) is 31.7 Å². The van der Waals surface area contributed by atoms with E-state index < -0.39 is 0 Å². The minimum atomic E-state index is 0. The monoisotopic (exact) mass is 277 g/mol. The number of amides is 1. The lowest BCUT2D eigenvalue weighted by atomic mass is 10.0. The number of hydrogen-bond acceptors (Lipinski definition) is 3. The van der Waals surface area contributed by atoms with E-state index in [0.29, 0.717) is 23.0 Å². The zero-order chi connectivity index (χ0) is 12.5. The Bertz CT molecular complexity index is 496. The highest BCUT2D eigenvalue weighted by atomic mass is 35.5. The summed E-state index contributed by atoms with van der Waals surface area (Å²) >= 11 is 0. The van der Waals surface area contributed by atoms with E-state index >= 15 is 0 Å². The lowest BCUT2D eigenvalue weighted by molar-refractivity contribution is 0.0781. The number of carbonyl (C=O) groups is 1. The van der Waals surface area contributed by atoms with Gasteiger partial charge >= 0.3 is 0 Å². The van der Waals surface area contributed by atoms with Gasteiger partial charge in [-0.05, 0) is 36.1 Å². The van der Waals surface area contributed by atoms with Crippen LogP contribution < -0.4 is 5.32 Å². The Kier molecular flexibility index (Phi) is 4.08. The van der Waals surface area contributed by atoms with Gasteiger partial charge in [0.2, 0.25) is 0 Å². The molecule has 1 amide bonds. The summed E-state index contributed by atoms with van der Waals surface area (Å²) in [4.78, 5) is 14.2. The largest absolute Gasteiger partial charge is 0.338 e. The Morgan fingerprint density at radius 1 is 1.21 bits per heavy atom. The smallest absolute Gasteiger partial charge is 0.253 e. The maximum atomic E-state index is 12.3. The molecule has 0 spiro atoms. The van der Waals surface area contributed by atoms with Crippen molar-refractivity contribution in [3.05, 3.63) is 35.4 Å². The van der Waals surface area contributed by atoms with E-state index in [0.717, 1.165) is 26.2 Å². The molecule has 4 nitrogen and oxygen atoms in total. The number of carbonyl (C=O) groups excluding carboxylic acids is 1. The Hall–Kier alpha value is -1.57. The average Bonchev–Trinajstić information content (AvgIpc) is 2.99. The molecule has 0 radical (unpaired) electrons. The second kappa shape index (κ2) is 5.60. The summed E-state index contributed by atoms with van der Waals surface area (Å²) in [5, 5.41) is 12.1. The molecule has 0 aliphatic carbocycles. The van der Waals surface area contributed by atoms with Crippen LogP contribution in [0.1, 0.15) is 15.9 Å². The first-order valence-corrected chi connectivity index (χ1v) is 6.28. The van der Waals surface area contributed by atoms with Crippen molar-refractivity contribution in [3.8, 4) is 6.07 Å². The number of halogens is 1. The van der Waals surface area contributed by atoms with Gasteiger partial charge in [-0.2, -0.15) is 5.26 Å². The number of rotatable bonds is 1. The van der Waals surface area contributed by atoms with Gasteiger partial charge in [-0.3, -0.25) is 4.79 Å². The van der Waals surface area contributed by atoms with Crippen molar-refractivity contribution in [2.45, 2.75) is 0 Å². The van der Waals surface area contributed by atoms with Crippen molar-refractivity contribution in [1.29, 1.82) is 5.26 Å². The molecule has 0 saturated carbocycles. The lowest BCUT2D eigenvalue weighted by Crippen LogP contribution is -2.31. The van der Waals surface area contributed by atoms with Gasteiger partial charge in [0.1, 0.15) is 0 Å². The third-order valence-electron chi connectivity index (χ3n) is 3.94. The number of fused-ring (bicyclic) bond motifs is 1. The quantitative estimate of drug-likeness (QED) is 0.841. The summed E-state index contributed by atoms with van der Waals surface area (Å²) in [6, 6.07) is 8.95. The van der Waals surface area contributed by atoms with Gasteiger partial charge < -0.3 is 10.2 Å². The van der Waals surface area contributed by atoms with Crippen LogP contribution in [0.15, 0.2) is 24.3 Å². The highest BCUT2D eigenvalue weighted by Gasteiger charge is 2.38. The topological polar surface area (TPSA) is 56.1 Å². The van der Waals surface area contributed by atoms with Crippen LogP contribution in [-0.2, 0) is 0 Å². The van der Waals surface area contributed by atoms with Crippen LogP contribution in [-0.4, -0.2) is 37.0 Å². The first-order chi connectivity index (χ1) is 8.78. The van der Waals surface area contributed by atoms with Gasteiger partial charge in [0.25, 0.3) is 5.91 Å².